The lowest BCUT2D eigenvalue weighted by molar-refractivity contribution is -0.118. The summed E-state index contributed by atoms with van der Waals surface area (Å²) < 4.78 is 1.64. The van der Waals surface area contributed by atoms with E-state index in [9.17, 15) is 9.59 Å². The van der Waals surface area contributed by atoms with Crippen molar-refractivity contribution < 1.29 is 4.79 Å². The Hall–Kier alpha value is -1.83. The monoisotopic (exact) mass is 388 g/mol. The van der Waals surface area contributed by atoms with Crippen LogP contribution in [0.1, 0.15) is 6.42 Å². The van der Waals surface area contributed by atoms with E-state index in [-0.39, 0.29) is 11.5 Å². The maximum Gasteiger partial charge on any atom is 0.251 e. The maximum absolute atomic E-state index is 12.2. The average molecular weight is 389 g/mol. The molecule has 1 aliphatic heterocycles. The quantitative estimate of drug-likeness (QED) is 0.574. The van der Waals surface area contributed by atoms with Gasteiger partial charge in [-0.25, -0.2) is 0 Å². The lowest BCUT2D eigenvalue weighted by atomic mass is 10.2. The number of fused-ring (bicyclic) bond motifs is 1. The standard InChI is InChI=1S/C20H28N4O2S/c1-22-10-12-24(13-11-22)9-5-8-21-19(25)15-27-18-14-20(26)23(2)17-7-4-3-6-16(17)18/h3-4,6-7,14H,5,8-13,15H2,1-2H3,(H,21,25). The van der Waals surface area contributed by atoms with Gasteiger partial charge in [-0.05, 0) is 26.1 Å². The van der Waals surface area contributed by atoms with Crippen LogP contribution in [-0.2, 0) is 11.8 Å². The number of benzene rings is 1. The summed E-state index contributed by atoms with van der Waals surface area (Å²) in [5, 5.41) is 4.00. The highest BCUT2D eigenvalue weighted by molar-refractivity contribution is 8.00. The van der Waals surface area contributed by atoms with Gasteiger partial charge in [0.05, 0.1) is 11.3 Å². The second kappa shape index (κ2) is 9.39. The highest BCUT2D eigenvalue weighted by Crippen LogP contribution is 2.25. The number of likely N-dealkylation sites (N-methyl/N-ethyl adjacent to an activating group) is 1. The van der Waals surface area contributed by atoms with E-state index in [1.165, 1.54) is 11.8 Å². The van der Waals surface area contributed by atoms with Crippen molar-refractivity contribution in [2.24, 2.45) is 7.05 Å². The number of nitrogens with one attached hydrogen (secondary N) is 1. The summed E-state index contributed by atoms with van der Waals surface area (Å²) in [6, 6.07) is 9.41. The first kappa shape index (κ1) is 19.9. The SMILES string of the molecule is CN1CCN(CCCNC(=O)CSc2cc(=O)n(C)c3ccccc23)CC1. The molecule has 6 nitrogen and oxygen atoms in total. The zero-order chi connectivity index (χ0) is 19.2. The van der Waals surface area contributed by atoms with Gasteiger partial charge in [-0.2, -0.15) is 0 Å². The van der Waals surface area contributed by atoms with E-state index in [4.69, 9.17) is 0 Å². The second-order valence-corrected chi connectivity index (χ2v) is 8.08. The molecule has 2 aromatic rings. The Labute approximate surface area is 164 Å². The molecule has 27 heavy (non-hydrogen) atoms. The summed E-state index contributed by atoms with van der Waals surface area (Å²) in [6.07, 6.45) is 0.967. The van der Waals surface area contributed by atoms with Crippen LogP contribution in [0.5, 0.6) is 0 Å². The number of pyridine rings is 1. The van der Waals surface area contributed by atoms with Gasteiger partial charge < -0.3 is 19.7 Å². The van der Waals surface area contributed by atoms with Crippen LogP contribution < -0.4 is 10.9 Å². The minimum atomic E-state index is -0.0521. The van der Waals surface area contributed by atoms with E-state index < -0.39 is 0 Å². The molecule has 0 saturated carbocycles. The number of aromatic nitrogens is 1. The van der Waals surface area contributed by atoms with Gasteiger partial charge >= 0.3 is 0 Å². The molecule has 1 aromatic heterocycles. The molecule has 146 valence electrons. The third-order valence-corrected chi connectivity index (χ3v) is 6.10. The van der Waals surface area contributed by atoms with Gasteiger partial charge in [0.2, 0.25) is 5.91 Å². The molecule has 1 fully saturated rings. The van der Waals surface area contributed by atoms with Gasteiger partial charge in [0, 0.05) is 56.1 Å². The number of para-hydroxylation sites is 1. The highest BCUT2D eigenvalue weighted by Gasteiger charge is 2.13. The zero-order valence-electron chi connectivity index (χ0n) is 16.1. The van der Waals surface area contributed by atoms with Gasteiger partial charge in [0.25, 0.3) is 5.56 Å². The lowest BCUT2D eigenvalue weighted by Gasteiger charge is -2.32. The Bertz CT molecular complexity index is 843. The smallest absolute Gasteiger partial charge is 0.251 e. The first-order chi connectivity index (χ1) is 13.0. The molecule has 1 aliphatic rings. The van der Waals surface area contributed by atoms with Crippen molar-refractivity contribution in [1.29, 1.82) is 0 Å². The van der Waals surface area contributed by atoms with Crippen molar-refractivity contribution in [3.8, 4) is 0 Å². The highest BCUT2D eigenvalue weighted by atomic mass is 32.2. The fraction of sp³-hybridized carbons (Fsp3) is 0.500. The van der Waals surface area contributed by atoms with Crippen molar-refractivity contribution >= 4 is 28.6 Å². The largest absolute Gasteiger partial charge is 0.355 e. The van der Waals surface area contributed by atoms with E-state index in [1.807, 2.05) is 24.3 Å². The van der Waals surface area contributed by atoms with Crippen LogP contribution in [-0.4, -0.2) is 72.3 Å². The summed E-state index contributed by atoms with van der Waals surface area (Å²) >= 11 is 1.43. The first-order valence-electron chi connectivity index (χ1n) is 9.44. The summed E-state index contributed by atoms with van der Waals surface area (Å²) in [6.45, 7) is 6.18. The number of piperazine rings is 1. The average Bonchev–Trinajstić information content (AvgIpc) is 2.68. The fourth-order valence-corrected chi connectivity index (χ4v) is 4.20. The number of rotatable bonds is 7. The molecule has 7 heteroatoms. The van der Waals surface area contributed by atoms with Crippen molar-refractivity contribution in [3.63, 3.8) is 0 Å². The molecule has 0 radical (unpaired) electrons. The first-order valence-corrected chi connectivity index (χ1v) is 10.4. The molecule has 1 saturated heterocycles. The molecule has 0 atom stereocenters. The minimum absolute atomic E-state index is 0.0168. The minimum Gasteiger partial charge on any atom is -0.355 e. The summed E-state index contributed by atoms with van der Waals surface area (Å²) in [4.78, 5) is 29.9. The molecule has 0 bridgehead atoms. The molecule has 0 unspecified atom stereocenters. The van der Waals surface area contributed by atoms with Gasteiger partial charge in [-0.15, -0.1) is 11.8 Å². The van der Waals surface area contributed by atoms with Crippen molar-refractivity contribution in [2.75, 3.05) is 52.1 Å². The van der Waals surface area contributed by atoms with Crippen LogP contribution in [0, 0.1) is 0 Å². The molecular formula is C20H28N4O2S. The molecule has 3 rings (SSSR count). The van der Waals surface area contributed by atoms with E-state index in [0.29, 0.717) is 12.3 Å². The van der Waals surface area contributed by atoms with Gasteiger partial charge in [-0.1, -0.05) is 18.2 Å². The van der Waals surface area contributed by atoms with Crippen LogP contribution in [0.3, 0.4) is 0 Å². The Balaban J connectivity index is 1.45. The second-order valence-electron chi connectivity index (χ2n) is 7.06. The number of amides is 1. The Kier molecular flexibility index (Phi) is 6.93. The fourth-order valence-electron chi connectivity index (χ4n) is 3.30. The van der Waals surface area contributed by atoms with E-state index in [0.717, 1.165) is 54.9 Å². The molecule has 1 aromatic carbocycles. The van der Waals surface area contributed by atoms with Crippen LogP contribution in [0.15, 0.2) is 40.0 Å². The molecule has 1 N–H and O–H groups in total. The Morgan fingerprint density at radius 2 is 1.89 bits per heavy atom. The number of carbonyl (C=O) groups excluding carboxylic acids is 1. The third-order valence-electron chi connectivity index (χ3n) is 5.04. The Morgan fingerprint density at radius 3 is 2.67 bits per heavy atom. The van der Waals surface area contributed by atoms with Crippen LogP contribution in [0.4, 0.5) is 0 Å². The van der Waals surface area contributed by atoms with E-state index >= 15 is 0 Å². The van der Waals surface area contributed by atoms with Crippen molar-refractivity contribution in [3.05, 3.63) is 40.7 Å². The van der Waals surface area contributed by atoms with Gasteiger partial charge in [0.1, 0.15) is 0 Å². The van der Waals surface area contributed by atoms with Crippen LogP contribution in [0.25, 0.3) is 10.9 Å². The molecule has 1 amide bonds. The topological polar surface area (TPSA) is 57.6 Å². The van der Waals surface area contributed by atoms with Crippen LogP contribution in [0.2, 0.25) is 0 Å². The summed E-state index contributed by atoms with van der Waals surface area (Å²) in [7, 11) is 3.92. The van der Waals surface area contributed by atoms with E-state index in [2.05, 4.69) is 22.2 Å². The van der Waals surface area contributed by atoms with Crippen LogP contribution >= 0.6 is 11.8 Å². The Morgan fingerprint density at radius 1 is 1.15 bits per heavy atom. The number of carbonyl (C=O) groups is 1. The van der Waals surface area contributed by atoms with Crippen molar-refractivity contribution in [1.82, 2.24) is 19.7 Å². The predicted octanol–water partition coefficient (Wildman–Crippen LogP) is 1.38. The van der Waals surface area contributed by atoms with E-state index in [1.54, 1.807) is 17.7 Å². The van der Waals surface area contributed by atoms with Gasteiger partial charge in [0.15, 0.2) is 0 Å². The molecular weight excluding hydrogens is 360 g/mol. The third kappa shape index (κ3) is 5.34. The summed E-state index contributed by atoms with van der Waals surface area (Å²) in [5.41, 5.74) is 0.837. The van der Waals surface area contributed by atoms with Gasteiger partial charge in [-0.3, -0.25) is 9.59 Å². The summed E-state index contributed by atoms with van der Waals surface area (Å²) in [5.74, 6) is 0.342. The molecule has 2 heterocycles. The number of nitrogens with zero attached hydrogens (tertiary/aromatic N) is 3. The number of hydrogen-bond acceptors (Lipinski definition) is 5. The predicted molar refractivity (Wildman–Crippen MR) is 111 cm³/mol. The number of hydrogen-bond donors (Lipinski definition) is 1. The number of aryl methyl sites for hydroxylation is 1. The maximum atomic E-state index is 12.2. The van der Waals surface area contributed by atoms with Crippen molar-refractivity contribution in [2.45, 2.75) is 11.3 Å². The lowest BCUT2D eigenvalue weighted by Crippen LogP contribution is -2.45. The molecule has 0 aliphatic carbocycles. The zero-order valence-corrected chi connectivity index (χ0v) is 16.9. The normalized spacial score (nSPS) is 15.9. The molecule has 0 spiro atoms. The number of thioether (sulfide) groups is 1.